The van der Waals surface area contributed by atoms with Gasteiger partial charge in [0.1, 0.15) is 11.7 Å². The van der Waals surface area contributed by atoms with Crippen LogP contribution < -0.4 is 11.1 Å². The summed E-state index contributed by atoms with van der Waals surface area (Å²) < 4.78 is 11.6. The van der Waals surface area contributed by atoms with Crippen molar-refractivity contribution in [3.8, 4) is 0 Å². The Balaban J connectivity index is 1.37. The van der Waals surface area contributed by atoms with E-state index in [0.29, 0.717) is 36.9 Å². The number of hydrogen-bond donors (Lipinski definition) is 2. The minimum atomic E-state index is -0.700. The van der Waals surface area contributed by atoms with Crippen LogP contribution in [0.25, 0.3) is 11.6 Å². The Hall–Kier alpha value is -4.02. The Kier molecular flexibility index (Phi) is 9.29. The maximum atomic E-state index is 13.3. The van der Waals surface area contributed by atoms with Gasteiger partial charge < -0.3 is 30.3 Å². The molecule has 1 aliphatic heterocycles. The highest BCUT2D eigenvalue weighted by Gasteiger charge is 2.43. The summed E-state index contributed by atoms with van der Waals surface area (Å²) in [7, 11) is 1.83. The van der Waals surface area contributed by atoms with E-state index in [1.54, 1.807) is 17.3 Å². The zero-order valence-electron chi connectivity index (χ0n) is 26.6. The molecule has 1 aromatic carbocycles. The number of benzene rings is 1. The fraction of sp³-hybridized carbons (Fsp3) is 0.457. The van der Waals surface area contributed by atoms with Gasteiger partial charge in [0.15, 0.2) is 0 Å². The molecule has 2 saturated carbocycles. The summed E-state index contributed by atoms with van der Waals surface area (Å²) in [4.78, 5) is 37.2. The SMILES string of the molecule is C=CN(C)/C(=C\N)C(NC(=O)OC1(C)CC1)C1=Cc2cccnc2C(N2CCN(C(=O)OC3CCCC3)CC2)c2ccc(Cl)cc21. The van der Waals surface area contributed by atoms with Gasteiger partial charge in [-0.3, -0.25) is 9.88 Å². The first-order valence-electron chi connectivity index (χ1n) is 16.1. The lowest BCUT2D eigenvalue weighted by atomic mass is 9.89. The van der Waals surface area contributed by atoms with Crippen LogP contribution in [-0.2, 0) is 9.47 Å². The van der Waals surface area contributed by atoms with Crippen LogP contribution in [0.1, 0.15) is 73.9 Å². The number of carbonyl (C=O) groups is 2. The van der Waals surface area contributed by atoms with Crippen molar-refractivity contribution in [2.45, 2.75) is 69.2 Å². The van der Waals surface area contributed by atoms with Gasteiger partial charge in [0.2, 0.25) is 0 Å². The van der Waals surface area contributed by atoms with Gasteiger partial charge in [-0.1, -0.05) is 30.3 Å². The Morgan fingerprint density at radius 2 is 1.93 bits per heavy atom. The Bertz CT molecular complexity index is 1540. The van der Waals surface area contributed by atoms with Crippen LogP contribution in [-0.4, -0.2) is 82.8 Å². The number of amides is 2. The van der Waals surface area contributed by atoms with Crippen molar-refractivity contribution in [3.63, 3.8) is 0 Å². The van der Waals surface area contributed by atoms with Crippen LogP contribution in [0.2, 0.25) is 5.02 Å². The third-order valence-electron chi connectivity index (χ3n) is 9.58. The molecule has 0 spiro atoms. The molecule has 3 fully saturated rings. The third kappa shape index (κ3) is 6.73. The third-order valence-corrected chi connectivity index (χ3v) is 9.82. The molecule has 2 atom stereocenters. The van der Waals surface area contributed by atoms with Crippen LogP contribution in [0.3, 0.4) is 0 Å². The van der Waals surface area contributed by atoms with Crippen molar-refractivity contribution in [2.24, 2.45) is 5.73 Å². The van der Waals surface area contributed by atoms with Crippen molar-refractivity contribution in [1.82, 2.24) is 25.0 Å². The van der Waals surface area contributed by atoms with E-state index in [4.69, 9.17) is 31.8 Å². The van der Waals surface area contributed by atoms with Crippen molar-refractivity contribution >= 4 is 35.4 Å². The van der Waals surface area contributed by atoms with Crippen molar-refractivity contribution in [2.75, 3.05) is 33.2 Å². The highest BCUT2D eigenvalue weighted by atomic mass is 35.5. The monoisotopic (exact) mass is 646 g/mol. The van der Waals surface area contributed by atoms with E-state index < -0.39 is 17.7 Å². The van der Waals surface area contributed by atoms with Gasteiger partial charge in [-0.15, -0.1) is 0 Å². The lowest BCUT2D eigenvalue weighted by Crippen LogP contribution is -2.50. The molecular formula is C35H43ClN6O4. The second-order valence-corrected chi connectivity index (χ2v) is 13.3. The zero-order chi connectivity index (χ0) is 32.4. The number of carbonyl (C=O) groups excluding carboxylic acids is 2. The number of aromatic nitrogens is 1. The molecule has 11 heteroatoms. The zero-order valence-corrected chi connectivity index (χ0v) is 27.3. The minimum Gasteiger partial charge on any atom is -0.446 e. The lowest BCUT2D eigenvalue weighted by molar-refractivity contribution is 0.0433. The highest BCUT2D eigenvalue weighted by Crippen LogP contribution is 2.43. The number of rotatable bonds is 8. The average Bonchev–Trinajstić information content (AvgIpc) is 3.59. The smallest absolute Gasteiger partial charge is 0.410 e. The molecule has 244 valence electrons. The van der Waals surface area contributed by atoms with E-state index in [1.165, 1.54) is 6.20 Å². The number of pyridine rings is 1. The molecule has 1 aromatic heterocycles. The molecule has 10 nitrogen and oxygen atoms in total. The summed E-state index contributed by atoms with van der Waals surface area (Å²) in [6.45, 7) is 8.23. The summed E-state index contributed by atoms with van der Waals surface area (Å²) in [6, 6.07) is 8.85. The molecular weight excluding hydrogens is 604 g/mol. The molecule has 3 aliphatic carbocycles. The normalized spacial score (nSPS) is 21.6. The Morgan fingerprint density at radius 1 is 1.20 bits per heavy atom. The molecule has 2 unspecified atom stereocenters. The lowest BCUT2D eigenvalue weighted by Gasteiger charge is -2.39. The standard InChI is InChI=1S/C35H43ClN6O4/c1-4-40(3)29(22-37)31(39-33(43)46-35(2)13-14-35)28-20-23-8-7-15-38-30(23)32(26-12-11-24(36)21-27(26)28)41-16-18-42(19-17-41)34(44)45-25-9-5-6-10-25/h4,7-8,11-12,15,20-22,25,31-32H,1,5-6,9-10,13-14,16-19,37H2,2-3H3,(H,39,43)/b29-22-. The number of ether oxygens (including phenoxy) is 2. The summed E-state index contributed by atoms with van der Waals surface area (Å²) in [5.74, 6) is 0. The van der Waals surface area contributed by atoms with Crippen molar-refractivity contribution < 1.29 is 19.1 Å². The number of nitrogens with zero attached hydrogens (tertiary/aromatic N) is 4. The van der Waals surface area contributed by atoms with Gasteiger partial charge >= 0.3 is 12.2 Å². The molecule has 2 amide bonds. The van der Waals surface area contributed by atoms with Crippen LogP contribution >= 0.6 is 11.6 Å². The molecule has 6 rings (SSSR count). The first-order valence-corrected chi connectivity index (χ1v) is 16.5. The maximum Gasteiger partial charge on any atom is 0.410 e. The second kappa shape index (κ2) is 13.4. The van der Waals surface area contributed by atoms with E-state index in [0.717, 1.165) is 66.5 Å². The van der Waals surface area contributed by atoms with Gasteiger partial charge in [0.25, 0.3) is 0 Å². The van der Waals surface area contributed by atoms with E-state index >= 15 is 0 Å². The van der Waals surface area contributed by atoms with E-state index in [1.807, 2.05) is 49.2 Å². The van der Waals surface area contributed by atoms with Crippen LogP contribution in [0.4, 0.5) is 9.59 Å². The second-order valence-electron chi connectivity index (χ2n) is 12.8. The summed E-state index contributed by atoms with van der Waals surface area (Å²) >= 11 is 6.68. The van der Waals surface area contributed by atoms with E-state index in [9.17, 15) is 9.59 Å². The maximum absolute atomic E-state index is 13.3. The summed E-state index contributed by atoms with van der Waals surface area (Å²) in [5, 5.41) is 3.67. The summed E-state index contributed by atoms with van der Waals surface area (Å²) in [5.41, 5.74) is 10.8. The molecule has 2 heterocycles. The number of alkyl carbamates (subject to hydrolysis) is 1. The van der Waals surface area contributed by atoms with Gasteiger partial charge in [-0.05, 0) is 98.2 Å². The minimum absolute atomic E-state index is 0.0307. The number of nitrogens with one attached hydrogen (secondary N) is 1. The van der Waals surface area contributed by atoms with Gasteiger partial charge in [-0.2, -0.15) is 0 Å². The number of likely N-dealkylation sites (N-methyl/N-ethyl adjacent to an activating group) is 1. The quantitative estimate of drug-likeness (QED) is 0.365. The molecule has 1 saturated heterocycles. The average molecular weight is 647 g/mol. The van der Waals surface area contributed by atoms with Gasteiger partial charge in [-0.25, -0.2) is 9.59 Å². The van der Waals surface area contributed by atoms with Gasteiger partial charge in [0.05, 0.1) is 23.5 Å². The molecule has 46 heavy (non-hydrogen) atoms. The molecule has 0 radical (unpaired) electrons. The molecule has 4 aliphatic rings. The topological polar surface area (TPSA) is 113 Å². The van der Waals surface area contributed by atoms with E-state index in [-0.39, 0.29) is 18.2 Å². The van der Waals surface area contributed by atoms with Crippen LogP contribution in [0.15, 0.2) is 61.2 Å². The number of hydrogen-bond acceptors (Lipinski definition) is 8. The van der Waals surface area contributed by atoms with Crippen molar-refractivity contribution in [1.29, 1.82) is 0 Å². The molecule has 0 bridgehead atoms. The largest absolute Gasteiger partial charge is 0.446 e. The first kappa shape index (κ1) is 31.9. The number of nitrogens with two attached hydrogens (primary N) is 1. The van der Waals surface area contributed by atoms with Crippen molar-refractivity contribution in [3.05, 3.63) is 88.6 Å². The first-order chi connectivity index (χ1) is 22.2. The Morgan fingerprint density at radius 3 is 2.61 bits per heavy atom. The fourth-order valence-electron chi connectivity index (χ4n) is 6.67. The van der Waals surface area contributed by atoms with Gasteiger partial charge in [0, 0.05) is 50.6 Å². The highest BCUT2D eigenvalue weighted by molar-refractivity contribution is 6.30. The number of piperazine rings is 1. The predicted octanol–water partition coefficient (Wildman–Crippen LogP) is 5.90. The predicted molar refractivity (Wildman–Crippen MR) is 179 cm³/mol. The van der Waals surface area contributed by atoms with Crippen LogP contribution in [0.5, 0.6) is 0 Å². The number of fused-ring (bicyclic) bond motifs is 2. The van der Waals surface area contributed by atoms with E-state index in [2.05, 4.69) is 22.9 Å². The summed E-state index contributed by atoms with van der Waals surface area (Å²) in [6.07, 6.45) is 12.0. The molecule has 2 aromatic rings. The number of halogens is 1. The van der Waals surface area contributed by atoms with Crippen LogP contribution in [0, 0.1) is 0 Å². The Labute approximate surface area is 275 Å². The fourth-order valence-corrected chi connectivity index (χ4v) is 6.84. The molecule has 3 N–H and O–H groups in total.